The highest BCUT2D eigenvalue weighted by Crippen LogP contribution is 2.13. The molecule has 0 unspecified atom stereocenters. The third-order valence-electron chi connectivity index (χ3n) is 3.05. The summed E-state index contributed by atoms with van der Waals surface area (Å²) in [6, 6.07) is 10.7. The molecule has 0 saturated heterocycles. The van der Waals surface area contributed by atoms with Crippen molar-refractivity contribution < 1.29 is 9.13 Å². The van der Waals surface area contributed by atoms with E-state index in [2.05, 4.69) is 10.3 Å². The number of halogens is 1. The zero-order valence-corrected chi connectivity index (χ0v) is 11.8. The second-order valence-electron chi connectivity index (χ2n) is 4.66. The van der Waals surface area contributed by atoms with Crippen LogP contribution in [0.25, 0.3) is 0 Å². The molecule has 0 bridgehead atoms. The molecule has 0 fully saturated rings. The Bertz CT molecular complexity index is 572. The number of nitrogens with zero attached hydrogens (tertiary/aromatic N) is 1. The molecule has 0 amide bonds. The SMILES string of the molecule is COc1cc(C)nc(CNCCc2ccccc2F)c1. The summed E-state index contributed by atoms with van der Waals surface area (Å²) in [5.74, 6) is 0.660. The largest absolute Gasteiger partial charge is 0.497 e. The number of hydrogen-bond acceptors (Lipinski definition) is 3. The fourth-order valence-corrected chi connectivity index (χ4v) is 2.05. The maximum Gasteiger partial charge on any atom is 0.126 e. The Hall–Kier alpha value is -1.94. The molecule has 0 aliphatic rings. The van der Waals surface area contributed by atoms with Gasteiger partial charge in [0.25, 0.3) is 0 Å². The minimum absolute atomic E-state index is 0.148. The first-order chi connectivity index (χ1) is 9.69. The number of aryl methyl sites for hydroxylation is 1. The molecule has 1 aromatic heterocycles. The third-order valence-corrected chi connectivity index (χ3v) is 3.05. The van der Waals surface area contributed by atoms with E-state index < -0.39 is 0 Å². The van der Waals surface area contributed by atoms with Gasteiger partial charge in [0, 0.05) is 24.4 Å². The van der Waals surface area contributed by atoms with Crippen LogP contribution in [0, 0.1) is 12.7 Å². The molecule has 2 rings (SSSR count). The molecule has 0 aliphatic heterocycles. The summed E-state index contributed by atoms with van der Waals surface area (Å²) in [4.78, 5) is 4.43. The first kappa shape index (κ1) is 14.5. The van der Waals surface area contributed by atoms with E-state index in [0.717, 1.165) is 22.7 Å². The van der Waals surface area contributed by atoms with E-state index in [1.807, 2.05) is 31.2 Å². The van der Waals surface area contributed by atoms with E-state index in [9.17, 15) is 4.39 Å². The molecule has 0 atom stereocenters. The van der Waals surface area contributed by atoms with Gasteiger partial charge in [-0.3, -0.25) is 4.98 Å². The summed E-state index contributed by atoms with van der Waals surface area (Å²) in [5, 5.41) is 3.27. The van der Waals surface area contributed by atoms with E-state index >= 15 is 0 Å². The number of rotatable bonds is 6. The van der Waals surface area contributed by atoms with E-state index in [-0.39, 0.29) is 5.82 Å². The Morgan fingerprint density at radius 3 is 2.80 bits per heavy atom. The lowest BCUT2D eigenvalue weighted by molar-refractivity contribution is 0.412. The summed E-state index contributed by atoms with van der Waals surface area (Å²) < 4.78 is 18.6. The van der Waals surface area contributed by atoms with Crippen LogP contribution in [0.2, 0.25) is 0 Å². The van der Waals surface area contributed by atoms with Crippen molar-refractivity contribution in [3.05, 3.63) is 59.2 Å². The highest BCUT2D eigenvalue weighted by atomic mass is 19.1. The van der Waals surface area contributed by atoms with Gasteiger partial charge in [0.1, 0.15) is 11.6 Å². The highest BCUT2D eigenvalue weighted by Gasteiger charge is 2.02. The minimum atomic E-state index is -0.148. The van der Waals surface area contributed by atoms with Crippen molar-refractivity contribution in [3.8, 4) is 5.75 Å². The van der Waals surface area contributed by atoms with E-state index in [1.54, 1.807) is 13.2 Å². The number of methoxy groups -OCH3 is 1. The predicted molar refractivity (Wildman–Crippen MR) is 77.3 cm³/mol. The number of nitrogens with one attached hydrogen (secondary N) is 1. The summed E-state index contributed by atoms with van der Waals surface area (Å²) in [6.45, 7) is 3.29. The van der Waals surface area contributed by atoms with Gasteiger partial charge in [0.15, 0.2) is 0 Å². The van der Waals surface area contributed by atoms with Crippen LogP contribution >= 0.6 is 0 Å². The van der Waals surface area contributed by atoms with Gasteiger partial charge < -0.3 is 10.1 Å². The molecule has 1 heterocycles. The molecule has 0 saturated carbocycles. The lowest BCUT2D eigenvalue weighted by Gasteiger charge is -2.08. The normalized spacial score (nSPS) is 10.6. The predicted octanol–water partition coefficient (Wildman–Crippen LogP) is 2.87. The highest BCUT2D eigenvalue weighted by molar-refractivity contribution is 5.26. The molecule has 4 heteroatoms. The second kappa shape index (κ2) is 7.01. The van der Waals surface area contributed by atoms with Crippen LogP contribution in [0.4, 0.5) is 4.39 Å². The number of ether oxygens (including phenoxy) is 1. The first-order valence-electron chi connectivity index (χ1n) is 6.64. The lowest BCUT2D eigenvalue weighted by atomic mass is 10.1. The van der Waals surface area contributed by atoms with Crippen molar-refractivity contribution in [3.63, 3.8) is 0 Å². The maximum absolute atomic E-state index is 13.4. The standard InChI is InChI=1S/C16H19FN2O/c1-12-9-15(20-2)10-14(19-12)11-18-8-7-13-5-3-4-6-16(13)17/h3-6,9-10,18H,7-8,11H2,1-2H3. The molecule has 0 radical (unpaired) electrons. The van der Waals surface area contributed by atoms with Crippen molar-refractivity contribution in [1.82, 2.24) is 10.3 Å². The summed E-state index contributed by atoms with van der Waals surface area (Å²) >= 11 is 0. The van der Waals surface area contributed by atoms with Crippen LogP contribution in [0.5, 0.6) is 5.75 Å². The molecule has 2 aromatic rings. The number of benzene rings is 1. The van der Waals surface area contributed by atoms with Gasteiger partial charge in [0.05, 0.1) is 12.8 Å². The fourth-order valence-electron chi connectivity index (χ4n) is 2.05. The number of hydrogen-bond donors (Lipinski definition) is 1. The Balaban J connectivity index is 1.84. The first-order valence-corrected chi connectivity index (χ1v) is 6.64. The van der Waals surface area contributed by atoms with Crippen LogP contribution < -0.4 is 10.1 Å². The zero-order chi connectivity index (χ0) is 14.4. The van der Waals surface area contributed by atoms with Crippen LogP contribution in [0.15, 0.2) is 36.4 Å². The zero-order valence-electron chi connectivity index (χ0n) is 11.8. The average molecular weight is 274 g/mol. The smallest absolute Gasteiger partial charge is 0.126 e. The minimum Gasteiger partial charge on any atom is -0.497 e. The topological polar surface area (TPSA) is 34.1 Å². The van der Waals surface area contributed by atoms with Gasteiger partial charge in [-0.15, -0.1) is 0 Å². The lowest BCUT2D eigenvalue weighted by Crippen LogP contribution is -2.18. The molecule has 0 spiro atoms. The molecule has 20 heavy (non-hydrogen) atoms. The van der Waals surface area contributed by atoms with Crippen molar-refractivity contribution >= 4 is 0 Å². The van der Waals surface area contributed by atoms with Gasteiger partial charge >= 0.3 is 0 Å². The van der Waals surface area contributed by atoms with Crippen LogP contribution in [0.1, 0.15) is 17.0 Å². The third kappa shape index (κ3) is 4.03. The fraction of sp³-hybridized carbons (Fsp3) is 0.312. The van der Waals surface area contributed by atoms with Gasteiger partial charge in [0.2, 0.25) is 0 Å². The number of aromatic nitrogens is 1. The maximum atomic E-state index is 13.4. The molecular formula is C16H19FN2O. The van der Waals surface area contributed by atoms with Gasteiger partial charge in [-0.05, 0) is 31.5 Å². The summed E-state index contributed by atoms with van der Waals surface area (Å²) in [7, 11) is 1.64. The summed E-state index contributed by atoms with van der Waals surface area (Å²) in [6.07, 6.45) is 0.662. The van der Waals surface area contributed by atoms with E-state index in [4.69, 9.17) is 4.74 Å². The Kier molecular flexibility index (Phi) is 5.07. The Morgan fingerprint density at radius 1 is 1.25 bits per heavy atom. The number of pyridine rings is 1. The van der Waals surface area contributed by atoms with Crippen LogP contribution in [-0.2, 0) is 13.0 Å². The van der Waals surface area contributed by atoms with Crippen molar-refractivity contribution in [2.45, 2.75) is 19.9 Å². The van der Waals surface area contributed by atoms with Crippen LogP contribution in [-0.4, -0.2) is 18.6 Å². The van der Waals surface area contributed by atoms with E-state index in [0.29, 0.717) is 19.5 Å². The molecule has 0 aliphatic carbocycles. The van der Waals surface area contributed by atoms with Gasteiger partial charge in [-0.1, -0.05) is 18.2 Å². The molecule has 106 valence electrons. The summed E-state index contributed by atoms with van der Waals surface area (Å²) in [5.41, 5.74) is 2.58. The van der Waals surface area contributed by atoms with E-state index in [1.165, 1.54) is 6.07 Å². The Labute approximate surface area is 118 Å². The Morgan fingerprint density at radius 2 is 2.05 bits per heavy atom. The average Bonchev–Trinajstić information content (AvgIpc) is 2.44. The second-order valence-corrected chi connectivity index (χ2v) is 4.66. The molecular weight excluding hydrogens is 255 g/mol. The van der Waals surface area contributed by atoms with Crippen molar-refractivity contribution in [2.24, 2.45) is 0 Å². The van der Waals surface area contributed by atoms with Crippen molar-refractivity contribution in [2.75, 3.05) is 13.7 Å². The van der Waals surface area contributed by atoms with Crippen LogP contribution in [0.3, 0.4) is 0 Å². The quantitative estimate of drug-likeness (QED) is 0.822. The monoisotopic (exact) mass is 274 g/mol. The van der Waals surface area contributed by atoms with Gasteiger partial charge in [-0.2, -0.15) is 0 Å². The molecule has 3 nitrogen and oxygen atoms in total. The van der Waals surface area contributed by atoms with Gasteiger partial charge in [-0.25, -0.2) is 4.39 Å². The molecule has 1 N–H and O–H groups in total. The molecule has 1 aromatic carbocycles. The van der Waals surface area contributed by atoms with Crippen molar-refractivity contribution in [1.29, 1.82) is 0 Å².